The van der Waals surface area contributed by atoms with Crippen LogP contribution in [0, 0.1) is 12.8 Å². The summed E-state index contributed by atoms with van der Waals surface area (Å²) in [6, 6.07) is 23.2. The minimum Gasteiger partial charge on any atom is -0.388 e. The van der Waals surface area contributed by atoms with E-state index in [1.807, 2.05) is 0 Å². The van der Waals surface area contributed by atoms with Crippen LogP contribution in [-0.2, 0) is 6.54 Å². The zero-order chi connectivity index (χ0) is 19.2. The Bertz CT molecular complexity index is 857. The van der Waals surface area contributed by atoms with Crippen molar-refractivity contribution >= 4 is 10.8 Å². The van der Waals surface area contributed by atoms with Gasteiger partial charge in [-0.1, -0.05) is 80.6 Å². The van der Waals surface area contributed by atoms with Gasteiger partial charge in [-0.15, -0.1) is 0 Å². The van der Waals surface area contributed by atoms with Crippen molar-refractivity contribution < 1.29 is 5.11 Å². The lowest BCUT2D eigenvalue weighted by atomic mass is 9.95. The van der Waals surface area contributed by atoms with E-state index in [9.17, 15) is 5.11 Å². The Morgan fingerprint density at radius 3 is 2.22 bits per heavy atom. The standard InChI is InChI=1S/C25H31NO/c1-19(2)17-26(18-21-9-5-4-6-10-21)16-15-25(27)24-14-13-20(3)22-11-7-8-12-23(22)24/h4-14,19,25,27H,15-18H2,1-3H3. The summed E-state index contributed by atoms with van der Waals surface area (Å²) in [5, 5.41) is 13.3. The molecular formula is C25H31NO. The third kappa shape index (κ3) is 5.18. The van der Waals surface area contributed by atoms with Gasteiger partial charge in [-0.25, -0.2) is 0 Å². The number of nitrogens with zero attached hydrogens (tertiary/aromatic N) is 1. The molecule has 0 radical (unpaired) electrons. The molecule has 3 aromatic rings. The fourth-order valence-corrected chi connectivity index (χ4v) is 3.82. The average Bonchev–Trinajstić information content (AvgIpc) is 2.67. The number of hydrogen-bond donors (Lipinski definition) is 1. The molecule has 1 atom stereocenters. The van der Waals surface area contributed by atoms with Crippen molar-refractivity contribution in [2.24, 2.45) is 5.92 Å². The van der Waals surface area contributed by atoms with Gasteiger partial charge >= 0.3 is 0 Å². The first-order valence-corrected chi connectivity index (χ1v) is 9.97. The van der Waals surface area contributed by atoms with E-state index in [1.54, 1.807) is 0 Å². The molecule has 0 aromatic heterocycles. The predicted molar refractivity (Wildman–Crippen MR) is 115 cm³/mol. The first kappa shape index (κ1) is 19.6. The van der Waals surface area contributed by atoms with Gasteiger partial charge in [0.25, 0.3) is 0 Å². The van der Waals surface area contributed by atoms with Crippen LogP contribution in [0.25, 0.3) is 10.8 Å². The molecule has 142 valence electrons. The zero-order valence-corrected chi connectivity index (χ0v) is 16.7. The molecule has 1 unspecified atom stereocenters. The van der Waals surface area contributed by atoms with Gasteiger partial charge in [-0.3, -0.25) is 4.90 Å². The van der Waals surface area contributed by atoms with E-state index < -0.39 is 6.10 Å². The fourth-order valence-electron chi connectivity index (χ4n) is 3.82. The van der Waals surface area contributed by atoms with Crippen molar-refractivity contribution in [1.82, 2.24) is 4.90 Å². The van der Waals surface area contributed by atoms with Crippen molar-refractivity contribution in [2.75, 3.05) is 13.1 Å². The van der Waals surface area contributed by atoms with Crippen molar-refractivity contribution in [2.45, 2.75) is 39.8 Å². The van der Waals surface area contributed by atoms with Crippen LogP contribution >= 0.6 is 0 Å². The lowest BCUT2D eigenvalue weighted by Gasteiger charge is -2.26. The summed E-state index contributed by atoms with van der Waals surface area (Å²) in [4.78, 5) is 2.46. The normalized spacial score (nSPS) is 12.8. The number of benzene rings is 3. The quantitative estimate of drug-likeness (QED) is 0.554. The highest BCUT2D eigenvalue weighted by atomic mass is 16.3. The van der Waals surface area contributed by atoms with Crippen LogP contribution in [0.5, 0.6) is 0 Å². The second kappa shape index (κ2) is 9.16. The predicted octanol–water partition coefficient (Wildman–Crippen LogP) is 5.73. The molecule has 0 aliphatic heterocycles. The van der Waals surface area contributed by atoms with E-state index in [4.69, 9.17) is 0 Å². The number of rotatable bonds is 8. The molecule has 3 aromatic carbocycles. The van der Waals surface area contributed by atoms with Gasteiger partial charge in [0, 0.05) is 19.6 Å². The Labute approximate surface area is 163 Å². The third-order valence-corrected chi connectivity index (χ3v) is 5.13. The molecular weight excluding hydrogens is 330 g/mol. The monoisotopic (exact) mass is 361 g/mol. The van der Waals surface area contributed by atoms with Crippen LogP contribution in [0.2, 0.25) is 0 Å². The van der Waals surface area contributed by atoms with Gasteiger partial charge in [0.15, 0.2) is 0 Å². The zero-order valence-electron chi connectivity index (χ0n) is 16.7. The molecule has 1 N–H and O–H groups in total. The summed E-state index contributed by atoms with van der Waals surface area (Å²) in [5.74, 6) is 0.603. The van der Waals surface area contributed by atoms with Crippen LogP contribution in [-0.4, -0.2) is 23.1 Å². The van der Waals surface area contributed by atoms with Crippen LogP contribution < -0.4 is 0 Å². The Balaban J connectivity index is 1.72. The molecule has 0 saturated heterocycles. The second-order valence-electron chi connectivity index (χ2n) is 7.94. The summed E-state index contributed by atoms with van der Waals surface area (Å²) in [5.41, 5.74) is 3.63. The van der Waals surface area contributed by atoms with Crippen LogP contribution in [0.3, 0.4) is 0 Å². The SMILES string of the molecule is Cc1ccc(C(O)CCN(Cc2ccccc2)CC(C)C)c2ccccc12. The minimum absolute atomic E-state index is 0.444. The molecule has 0 aliphatic rings. The number of hydrogen-bond acceptors (Lipinski definition) is 2. The highest BCUT2D eigenvalue weighted by Crippen LogP contribution is 2.28. The maximum absolute atomic E-state index is 10.9. The largest absolute Gasteiger partial charge is 0.388 e. The lowest BCUT2D eigenvalue weighted by Crippen LogP contribution is -2.29. The van der Waals surface area contributed by atoms with E-state index in [0.29, 0.717) is 5.92 Å². The maximum atomic E-state index is 10.9. The van der Waals surface area contributed by atoms with Gasteiger partial charge in [0.05, 0.1) is 6.10 Å². The highest BCUT2D eigenvalue weighted by Gasteiger charge is 2.15. The van der Waals surface area contributed by atoms with E-state index >= 15 is 0 Å². The van der Waals surface area contributed by atoms with E-state index in [0.717, 1.165) is 31.6 Å². The van der Waals surface area contributed by atoms with E-state index in [1.165, 1.54) is 21.9 Å². The first-order chi connectivity index (χ1) is 13.0. The molecule has 0 amide bonds. The second-order valence-corrected chi connectivity index (χ2v) is 7.94. The fraction of sp³-hybridized carbons (Fsp3) is 0.360. The summed E-state index contributed by atoms with van der Waals surface area (Å²) in [6.07, 6.45) is 0.299. The Hall–Kier alpha value is -2.16. The Kier molecular flexibility index (Phi) is 6.65. The van der Waals surface area contributed by atoms with E-state index in [2.05, 4.69) is 92.4 Å². The average molecular weight is 362 g/mol. The molecule has 2 heteroatoms. The minimum atomic E-state index is -0.444. The van der Waals surface area contributed by atoms with Gasteiger partial charge in [0.2, 0.25) is 0 Å². The van der Waals surface area contributed by atoms with E-state index in [-0.39, 0.29) is 0 Å². The maximum Gasteiger partial charge on any atom is 0.0808 e. The Morgan fingerprint density at radius 1 is 0.852 bits per heavy atom. The van der Waals surface area contributed by atoms with Crippen molar-refractivity contribution in [3.05, 3.63) is 83.4 Å². The van der Waals surface area contributed by atoms with Crippen molar-refractivity contribution in [3.8, 4) is 0 Å². The molecule has 27 heavy (non-hydrogen) atoms. The van der Waals surface area contributed by atoms with Crippen molar-refractivity contribution in [1.29, 1.82) is 0 Å². The van der Waals surface area contributed by atoms with Gasteiger partial charge in [0.1, 0.15) is 0 Å². The van der Waals surface area contributed by atoms with Gasteiger partial charge in [-0.05, 0) is 46.7 Å². The van der Waals surface area contributed by atoms with Crippen LogP contribution in [0.15, 0.2) is 66.7 Å². The molecule has 0 heterocycles. The lowest BCUT2D eigenvalue weighted by molar-refractivity contribution is 0.135. The van der Waals surface area contributed by atoms with Gasteiger partial charge in [-0.2, -0.15) is 0 Å². The number of aryl methyl sites for hydroxylation is 1. The van der Waals surface area contributed by atoms with Gasteiger partial charge < -0.3 is 5.11 Å². The molecule has 0 fully saturated rings. The molecule has 0 bridgehead atoms. The molecule has 0 aliphatic carbocycles. The molecule has 0 spiro atoms. The molecule has 2 nitrogen and oxygen atoms in total. The van der Waals surface area contributed by atoms with Crippen molar-refractivity contribution in [3.63, 3.8) is 0 Å². The van der Waals surface area contributed by atoms with Crippen LogP contribution in [0.1, 0.15) is 43.1 Å². The molecule has 0 saturated carbocycles. The number of aliphatic hydroxyl groups is 1. The van der Waals surface area contributed by atoms with Crippen LogP contribution in [0.4, 0.5) is 0 Å². The summed E-state index contributed by atoms with van der Waals surface area (Å²) in [6.45, 7) is 9.49. The number of fused-ring (bicyclic) bond motifs is 1. The smallest absolute Gasteiger partial charge is 0.0808 e. The Morgan fingerprint density at radius 2 is 1.52 bits per heavy atom. The highest BCUT2D eigenvalue weighted by molar-refractivity contribution is 5.88. The third-order valence-electron chi connectivity index (χ3n) is 5.13. The first-order valence-electron chi connectivity index (χ1n) is 9.97. The topological polar surface area (TPSA) is 23.5 Å². The molecule has 3 rings (SSSR count). The summed E-state index contributed by atoms with van der Waals surface area (Å²) < 4.78 is 0. The summed E-state index contributed by atoms with van der Waals surface area (Å²) >= 11 is 0. The summed E-state index contributed by atoms with van der Waals surface area (Å²) in [7, 11) is 0. The number of aliphatic hydroxyl groups excluding tert-OH is 1.